The van der Waals surface area contributed by atoms with E-state index < -0.39 is 12.7 Å². The van der Waals surface area contributed by atoms with Crippen LogP contribution in [0.2, 0.25) is 0 Å². The van der Waals surface area contributed by atoms with Crippen molar-refractivity contribution in [1.29, 1.82) is 0 Å². The second-order valence-electron chi connectivity index (χ2n) is 4.42. The molecule has 1 heterocycles. The van der Waals surface area contributed by atoms with Gasteiger partial charge in [0.1, 0.15) is 5.75 Å². The van der Waals surface area contributed by atoms with Gasteiger partial charge < -0.3 is 15.2 Å². The Bertz CT molecular complexity index is 606. The first-order valence-electron chi connectivity index (χ1n) is 6.47. The molecule has 22 heavy (non-hydrogen) atoms. The van der Waals surface area contributed by atoms with Gasteiger partial charge in [-0.1, -0.05) is 12.1 Å². The molecule has 0 bridgehead atoms. The number of nitrogens with one attached hydrogen (secondary N) is 1. The van der Waals surface area contributed by atoms with E-state index in [0.29, 0.717) is 11.1 Å². The number of rotatable bonds is 6. The Labute approximate surface area is 125 Å². The number of aliphatic hydroxyl groups excluding tert-OH is 1. The normalized spacial score (nSPS) is 12.0. The number of alkyl halides is 2. The van der Waals surface area contributed by atoms with Gasteiger partial charge in [0.2, 0.25) is 0 Å². The Morgan fingerprint density at radius 2 is 2.00 bits per heavy atom. The highest BCUT2D eigenvalue weighted by atomic mass is 19.3. The van der Waals surface area contributed by atoms with E-state index in [1.165, 1.54) is 30.5 Å². The van der Waals surface area contributed by atoms with Crippen LogP contribution in [0.5, 0.6) is 5.75 Å². The quantitative estimate of drug-likeness (QED) is 0.858. The van der Waals surface area contributed by atoms with Gasteiger partial charge in [-0.2, -0.15) is 8.78 Å². The van der Waals surface area contributed by atoms with Crippen molar-refractivity contribution in [3.63, 3.8) is 0 Å². The number of carbonyl (C=O) groups is 1. The Morgan fingerprint density at radius 1 is 1.27 bits per heavy atom. The SMILES string of the molecule is O=C(NCC(O)c1ccc(OC(F)F)cc1)c1cccnc1. The van der Waals surface area contributed by atoms with Crippen LogP contribution in [0.25, 0.3) is 0 Å². The van der Waals surface area contributed by atoms with Crippen molar-refractivity contribution >= 4 is 5.91 Å². The first kappa shape index (κ1) is 15.8. The highest BCUT2D eigenvalue weighted by Crippen LogP contribution is 2.19. The molecule has 2 aromatic rings. The fourth-order valence-electron chi connectivity index (χ4n) is 1.78. The summed E-state index contributed by atoms with van der Waals surface area (Å²) < 4.78 is 28.3. The number of hydrogen-bond acceptors (Lipinski definition) is 4. The second-order valence-corrected chi connectivity index (χ2v) is 4.42. The Balaban J connectivity index is 1.89. The number of ether oxygens (including phenoxy) is 1. The molecule has 0 saturated carbocycles. The van der Waals surface area contributed by atoms with Gasteiger partial charge in [0, 0.05) is 18.9 Å². The molecule has 2 N–H and O–H groups in total. The minimum absolute atomic E-state index is 0.00495. The zero-order valence-corrected chi connectivity index (χ0v) is 11.4. The molecule has 1 aromatic carbocycles. The third kappa shape index (κ3) is 4.49. The summed E-state index contributed by atoms with van der Waals surface area (Å²) in [5, 5.41) is 12.5. The van der Waals surface area contributed by atoms with Gasteiger partial charge in [-0.25, -0.2) is 0 Å². The van der Waals surface area contributed by atoms with Crippen LogP contribution in [0.1, 0.15) is 22.0 Å². The molecule has 0 aliphatic carbocycles. The predicted molar refractivity (Wildman–Crippen MR) is 74.6 cm³/mol. The number of halogens is 2. The molecule has 0 aliphatic rings. The van der Waals surface area contributed by atoms with Crippen LogP contribution in [0, 0.1) is 0 Å². The molecule has 1 amide bonds. The zero-order valence-electron chi connectivity index (χ0n) is 11.4. The first-order valence-corrected chi connectivity index (χ1v) is 6.47. The van der Waals surface area contributed by atoms with Crippen molar-refractivity contribution in [2.75, 3.05) is 6.54 Å². The molecule has 0 aliphatic heterocycles. The van der Waals surface area contributed by atoms with Gasteiger partial charge in [0.25, 0.3) is 5.91 Å². The fourth-order valence-corrected chi connectivity index (χ4v) is 1.78. The van der Waals surface area contributed by atoms with Crippen molar-refractivity contribution in [1.82, 2.24) is 10.3 Å². The van der Waals surface area contributed by atoms with Crippen LogP contribution >= 0.6 is 0 Å². The maximum Gasteiger partial charge on any atom is 0.387 e. The third-order valence-corrected chi connectivity index (χ3v) is 2.87. The summed E-state index contributed by atoms with van der Waals surface area (Å²) in [5.74, 6) is -0.352. The number of hydrogen-bond donors (Lipinski definition) is 2. The molecule has 5 nitrogen and oxygen atoms in total. The van der Waals surface area contributed by atoms with Crippen LogP contribution in [-0.4, -0.2) is 29.2 Å². The monoisotopic (exact) mass is 308 g/mol. The summed E-state index contributed by atoms with van der Waals surface area (Å²) in [4.78, 5) is 15.6. The van der Waals surface area contributed by atoms with Crippen molar-refractivity contribution in [3.8, 4) is 5.75 Å². The number of nitrogens with zero attached hydrogens (tertiary/aromatic N) is 1. The Morgan fingerprint density at radius 3 is 2.59 bits per heavy atom. The van der Waals surface area contributed by atoms with Crippen molar-refractivity contribution in [3.05, 3.63) is 59.9 Å². The Kier molecular flexibility index (Phi) is 5.37. The van der Waals surface area contributed by atoms with Gasteiger partial charge in [0.05, 0.1) is 11.7 Å². The average Bonchev–Trinajstić information content (AvgIpc) is 2.53. The van der Waals surface area contributed by atoms with E-state index in [0.717, 1.165) is 0 Å². The molecule has 0 spiro atoms. The number of carbonyl (C=O) groups excluding carboxylic acids is 1. The van der Waals surface area contributed by atoms with E-state index in [1.807, 2.05) is 0 Å². The minimum atomic E-state index is -2.89. The van der Waals surface area contributed by atoms with E-state index in [4.69, 9.17) is 0 Å². The summed E-state index contributed by atoms with van der Waals surface area (Å²) in [6.45, 7) is -2.91. The van der Waals surface area contributed by atoms with Gasteiger partial charge in [0.15, 0.2) is 0 Å². The maximum absolute atomic E-state index is 12.0. The first-order chi connectivity index (χ1) is 10.6. The largest absolute Gasteiger partial charge is 0.435 e. The van der Waals surface area contributed by atoms with Crippen LogP contribution in [0.4, 0.5) is 8.78 Å². The van der Waals surface area contributed by atoms with Gasteiger partial charge in [-0.3, -0.25) is 9.78 Å². The smallest absolute Gasteiger partial charge is 0.387 e. The molecule has 116 valence electrons. The lowest BCUT2D eigenvalue weighted by Crippen LogP contribution is -2.28. The highest BCUT2D eigenvalue weighted by molar-refractivity contribution is 5.93. The number of aliphatic hydroxyl groups is 1. The van der Waals surface area contributed by atoms with Crippen molar-refractivity contribution in [2.24, 2.45) is 0 Å². The fraction of sp³-hybridized carbons (Fsp3) is 0.200. The van der Waals surface area contributed by atoms with Crippen LogP contribution in [-0.2, 0) is 0 Å². The summed E-state index contributed by atoms with van der Waals surface area (Å²) in [6.07, 6.45) is 2.01. The summed E-state index contributed by atoms with van der Waals surface area (Å²) in [5.41, 5.74) is 0.864. The zero-order chi connectivity index (χ0) is 15.9. The predicted octanol–water partition coefficient (Wildman–Crippen LogP) is 2.15. The molecule has 7 heteroatoms. The van der Waals surface area contributed by atoms with Crippen molar-refractivity contribution in [2.45, 2.75) is 12.7 Å². The van der Waals surface area contributed by atoms with E-state index in [9.17, 15) is 18.7 Å². The van der Waals surface area contributed by atoms with E-state index >= 15 is 0 Å². The van der Waals surface area contributed by atoms with Crippen molar-refractivity contribution < 1.29 is 23.4 Å². The lowest BCUT2D eigenvalue weighted by Gasteiger charge is -2.13. The number of amides is 1. The maximum atomic E-state index is 12.0. The molecule has 1 unspecified atom stereocenters. The molecule has 0 radical (unpaired) electrons. The van der Waals surface area contributed by atoms with E-state index in [1.54, 1.807) is 18.3 Å². The third-order valence-electron chi connectivity index (χ3n) is 2.87. The lowest BCUT2D eigenvalue weighted by atomic mass is 10.1. The van der Waals surface area contributed by atoms with Crippen LogP contribution in [0.3, 0.4) is 0 Å². The Hall–Kier alpha value is -2.54. The molecule has 0 fully saturated rings. The summed E-state index contributed by atoms with van der Waals surface area (Å²) in [6, 6.07) is 8.80. The van der Waals surface area contributed by atoms with E-state index in [2.05, 4.69) is 15.0 Å². The second kappa shape index (κ2) is 7.46. The summed E-state index contributed by atoms with van der Waals surface area (Å²) >= 11 is 0. The number of aromatic nitrogens is 1. The molecular weight excluding hydrogens is 294 g/mol. The van der Waals surface area contributed by atoms with Crippen LogP contribution < -0.4 is 10.1 Å². The number of benzene rings is 1. The summed E-state index contributed by atoms with van der Waals surface area (Å²) in [7, 11) is 0. The number of pyridine rings is 1. The van der Waals surface area contributed by atoms with Crippen LogP contribution in [0.15, 0.2) is 48.8 Å². The standard InChI is InChI=1S/C15H14F2N2O3/c16-15(17)22-12-5-3-10(4-6-12)13(20)9-19-14(21)11-2-1-7-18-8-11/h1-8,13,15,20H,9H2,(H,19,21). The molecule has 1 atom stereocenters. The highest BCUT2D eigenvalue weighted by Gasteiger charge is 2.11. The average molecular weight is 308 g/mol. The van der Waals surface area contributed by atoms with Gasteiger partial charge >= 0.3 is 6.61 Å². The molecule has 1 aromatic heterocycles. The van der Waals surface area contributed by atoms with Gasteiger partial charge in [-0.05, 0) is 29.8 Å². The topological polar surface area (TPSA) is 71.5 Å². The molecule has 2 rings (SSSR count). The minimum Gasteiger partial charge on any atom is -0.435 e. The van der Waals surface area contributed by atoms with E-state index in [-0.39, 0.29) is 18.2 Å². The molecular formula is C15H14F2N2O3. The molecule has 0 saturated heterocycles. The van der Waals surface area contributed by atoms with Gasteiger partial charge in [-0.15, -0.1) is 0 Å². The lowest BCUT2D eigenvalue weighted by molar-refractivity contribution is -0.0498.